The molecule has 6 heteroatoms. The molecule has 0 radical (unpaired) electrons. The van der Waals surface area contributed by atoms with Crippen LogP contribution in [0.25, 0.3) is 0 Å². The predicted octanol–water partition coefficient (Wildman–Crippen LogP) is 0.0151. The number of likely N-dealkylation sites (tertiary alicyclic amines) is 1. The van der Waals surface area contributed by atoms with Crippen LogP contribution in [0.2, 0.25) is 0 Å². The number of nitrogens with two attached hydrogens (primary N) is 1. The summed E-state index contributed by atoms with van der Waals surface area (Å²) in [5.41, 5.74) is 5.08. The zero-order valence-corrected chi connectivity index (χ0v) is 11.9. The molecule has 1 saturated heterocycles. The Balaban J connectivity index is 2.77. The lowest BCUT2D eigenvalue weighted by molar-refractivity contribution is -0.150. The average molecular weight is 269 g/mol. The SMILES string of the molecule is CCC(CC)(CN)C(=O)NC1CCC(=O)N(C)C1=O. The van der Waals surface area contributed by atoms with Crippen molar-refractivity contribution in [2.45, 2.75) is 45.6 Å². The molecule has 0 saturated carbocycles. The fraction of sp³-hybridized carbons (Fsp3) is 0.769. The monoisotopic (exact) mass is 269 g/mol. The Kier molecular flexibility index (Phi) is 5.05. The van der Waals surface area contributed by atoms with E-state index in [0.717, 1.165) is 4.90 Å². The maximum atomic E-state index is 12.3. The van der Waals surface area contributed by atoms with Gasteiger partial charge in [-0.1, -0.05) is 13.8 Å². The van der Waals surface area contributed by atoms with Crippen molar-refractivity contribution in [3.63, 3.8) is 0 Å². The van der Waals surface area contributed by atoms with Crippen LogP contribution >= 0.6 is 0 Å². The molecule has 19 heavy (non-hydrogen) atoms. The molecule has 0 aromatic heterocycles. The molecule has 0 aromatic carbocycles. The van der Waals surface area contributed by atoms with Crippen molar-refractivity contribution >= 4 is 17.7 Å². The minimum Gasteiger partial charge on any atom is -0.344 e. The number of nitrogens with zero attached hydrogens (tertiary/aromatic N) is 1. The molecule has 1 unspecified atom stereocenters. The number of piperidine rings is 1. The van der Waals surface area contributed by atoms with Gasteiger partial charge in [-0.3, -0.25) is 19.3 Å². The van der Waals surface area contributed by atoms with Crippen LogP contribution < -0.4 is 11.1 Å². The molecule has 1 aliphatic rings. The Labute approximate surface area is 113 Å². The first-order valence-electron chi connectivity index (χ1n) is 6.73. The number of hydrogen-bond donors (Lipinski definition) is 2. The van der Waals surface area contributed by atoms with Crippen molar-refractivity contribution in [3.8, 4) is 0 Å². The van der Waals surface area contributed by atoms with E-state index in [9.17, 15) is 14.4 Å². The van der Waals surface area contributed by atoms with Crippen LogP contribution in [0.3, 0.4) is 0 Å². The number of amides is 3. The number of imide groups is 1. The molecule has 1 atom stereocenters. The number of rotatable bonds is 5. The Morgan fingerprint density at radius 1 is 1.42 bits per heavy atom. The van der Waals surface area contributed by atoms with Gasteiger partial charge in [0.1, 0.15) is 6.04 Å². The normalized spacial score (nSPS) is 20.6. The summed E-state index contributed by atoms with van der Waals surface area (Å²) in [6.45, 7) is 4.07. The summed E-state index contributed by atoms with van der Waals surface area (Å²) in [5, 5.41) is 2.75. The number of carbonyl (C=O) groups is 3. The summed E-state index contributed by atoms with van der Waals surface area (Å²) < 4.78 is 0. The molecular formula is C13H23N3O3. The van der Waals surface area contributed by atoms with E-state index in [1.165, 1.54) is 7.05 Å². The van der Waals surface area contributed by atoms with Crippen LogP contribution in [0.15, 0.2) is 0 Å². The second-order valence-electron chi connectivity index (χ2n) is 5.05. The van der Waals surface area contributed by atoms with Gasteiger partial charge in [-0.15, -0.1) is 0 Å². The van der Waals surface area contributed by atoms with Gasteiger partial charge >= 0.3 is 0 Å². The molecule has 0 spiro atoms. The molecule has 1 heterocycles. The summed E-state index contributed by atoms with van der Waals surface area (Å²) in [6, 6.07) is -0.612. The van der Waals surface area contributed by atoms with E-state index in [2.05, 4.69) is 5.32 Å². The maximum Gasteiger partial charge on any atom is 0.251 e. The largest absolute Gasteiger partial charge is 0.344 e. The highest BCUT2D eigenvalue weighted by molar-refractivity contribution is 6.01. The van der Waals surface area contributed by atoms with Crippen LogP contribution in [-0.2, 0) is 14.4 Å². The summed E-state index contributed by atoms with van der Waals surface area (Å²) in [5.74, 6) is -0.740. The van der Waals surface area contributed by atoms with Crippen LogP contribution in [0.5, 0.6) is 0 Å². The molecule has 0 bridgehead atoms. The van der Waals surface area contributed by atoms with Gasteiger partial charge in [0.15, 0.2) is 0 Å². The predicted molar refractivity (Wildman–Crippen MR) is 71.0 cm³/mol. The van der Waals surface area contributed by atoms with Crippen LogP contribution in [0.4, 0.5) is 0 Å². The van der Waals surface area contributed by atoms with E-state index in [0.29, 0.717) is 19.3 Å². The van der Waals surface area contributed by atoms with E-state index in [-0.39, 0.29) is 30.7 Å². The van der Waals surface area contributed by atoms with Crippen molar-refractivity contribution in [2.24, 2.45) is 11.1 Å². The van der Waals surface area contributed by atoms with Crippen molar-refractivity contribution < 1.29 is 14.4 Å². The Morgan fingerprint density at radius 2 is 2.00 bits per heavy atom. The van der Waals surface area contributed by atoms with Crippen molar-refractivity contribution in [1.29, 1.82) is 0 Å². The van der Waals surface area contributed by atoms with Crippen LogP contribution in [-0.4, -0.2) is 42.3 Å². The van der Waals surface area contributed by atoms with Gasteiger partial charge in [0, 0.05) is 20.0 Å². The number of nitrogens with one attached hydrogen (secondary N) is 1. The van der Waals surface area contributed by atoms with Gasteiger partial charge < -0.3 is 11.1 Å². The highest BCUT2D eigenvalue weighted by atomic mass is 16.2. The Morgan fingerprint density at radius 3 is 2.47 bits per heavy atom. The van der Waals surface area contributed by atoms with Crippen molar-refractivity contribution in [1.82, 2.24) is 10.2 Å². The summed E-state index contributed by atoms with van der Waals surface area (Å²) in [7, 11) is 1.44. The van der Waals surface area contributed by atoms with Gasteiger partial charge in [-0.25, -0.2) is 0 Å². The second kappa shape index (κ2) is 6.14. The molecule has 0 aliphatic carbocycles. The highest BCUT2D eigenvalue weighted by Crippen LogP contribution is 2.26. The first-order chi connectivity index (χ1) is 8.91. The van der Waals surface area contributed by atoms with E-state index < -0.39 is 11.5 Å². The van der Waals surface area contributed by atoms with Gasteiger partial charge in [0.05, 0.1) is 5.41 Å². The zero-order chi connectivity index (χ0) is 14.6. The first-order valence-corrected chi connectivity index (χ1v) is 6.73. The lowest BCUT2D eigenvalue weighted by atomic mass is 9.81. The van der Waals surface area contributed by atoms with E-state index in [4.69, 9.17) is 5.73 Å². The number of likely N-dealkylation sites (N-methyl/N-ethyl adjacent to an activating group) is 1. The third-order valence-corrected chi connectivity index (χ3v) is 4.18. The second-order valence-corrected chi connectivity index (χ2v) is 5.05. The van der Waals surface area contributed by atoms with Crippen molar-refractivity contribution in [2.75, 3.05) is 13.6 Å². The summed E-state index contributed by atoms with van der Waals surface area (Å²) >= 11 is 0. The van der Waals surface area contributed by atoms with Crippen LogP contribution in [0.1, 0.15) is 39.5 Å². The third-order valence-electron chi connectivity index (χ3n) is 4.18. The van der Waals surface area contributed by atoms with Crippen LogP contribution in [0, 0.1) is 5.41 Å². The first kappa shape index (κ1) is 15.6. The summed E-state index contributed by atoms with van der Waals surface area (Å²) in [4.78, 5) is 36.7. The molecular weight excluding hydrogens is 246 g/mol. The standard InChI is InChI=1S/C13H23N3O3/c1-4-13(5-2,8-14)12(19)15-9-6-7-10(17)16(3)11(9)18/h9H,4-8,14H2,1-3H3,(H,15,19). The lowest BCUT2D eigenvalue weighted by Gasteiger charge is -2.33. The van der Waals surface area contributed by atoms with Gasteiger partial charge in [-0.05, 0) is 19.3 Å². The average Bonchev–Trinajstić information content (AvgIpc) is 2.42. The third kappa shape index (κ3) is 2.94. The minimum atomic E-state index is -0.625. The zero-order valence-electron chi connectivity index (χ0n) is 11.9. The summed E-state index contributed by atoms with van der Waals surface area (Å²) in [6.07, 6.45) is 1.89. The molecule has 1 fully saturated rings. The van der Waals surface area contributed by atoms with Gasteiger partial charge in [0.2, 0.25) is 11.8 Å². The highest BCUT2D eigenvalue weighted by Gasteiger charge is 2.38. The fourth-order valence-electron chi connectivity index (χ4n) is 2.31. The quantitative estimate of drug-likeness (QED) is 0.688. The maximum absolute atomic E-state index is 12.3. The molecule has 1 aliphatic heterocycles. The number of hydrogen-bond acceptors (Lipinski definition) is 4. The van der Waals surface area contributed by atoms with Gasteiger partial charge in [-0.2, -0.15) is 0 Å². The topological polar surface area (TPSA) is 92.5 Å². The van der Waals surface area contributed by atoms with Crippen molar-refractivity contribution in [3.05, 3.63) is 0 Å². The Hall–Kier alpha value is -1.43. The fourth-order valence-corrected chi connectivity index (χ4v) is 2.31. The molecule has 108 valence electrons. The smallest absolute Gasteiger partial charge is 0.251 e. The van der Waals surface area contributed by atoms with E-state index in [1.807, 2.05) is 13.8 Å². The molecule has 6 nitrogen and oxygen atoms in total. The molecule has 3 amide bonds. The van der Waals surface area contributed by atoms with E-state index in [1.54, 1.807) is 0 Å². The van der Waals surface area contributed by atoms with E-state index >= 15 is 0 Å². The Bertz CT molecular complexity index is 369. The molecule has 1 rings (SSSR count). The minimum absolute atomic E-state index is 0.193. The van der Waals surface area contributed by atoms with Gasteiger partial charge in [0.25, 0.3) is 5.91 Å². The lowest BCUT2D eigenvalue weighted by Crippen LogP contribution is -2.56. The molecule has 3 N–H and O–H groups in total. The number of carbonyl (C=O) groups excluding carboxylic acids is 3. The molecule has 0 aromatic rings.